The van der Waals surface area contributed by atoms with Gasteiger partial charge in [0.15, 0.2) is 0 Å². The van der Waals surface area contributed by atoms with Crippen LogP contribution in [0.4, 0.5) is 8.92 Å². The molecule has 14 heavy (non-hydrogen) atoms. The average molecular weight is 214 g/mol. The third-order valence-electron chi connectivity index (χ3n) is 1.31. The summed E-state index contributed by atoms with van der Waals surface area (Å²) >= 11 is 0. The molecular formula is C8H16F2O4. The number of halogens is 2. The fraction of sp³-hybridized carbons (Fsp3) is 1.00. The van der Waals surface area contributed by atoms with Gasteiger partial charge < -0.3 is 14.2 Å². The zero-order chi connectivity index (χ0) is 11.2. The molecule has 0 saturated heterocycles. The number of hydrogen-bond donors (Lipinski definition) is 0. The smallest absolute Gasteiger partial charge is 0.346 e. The van der Waals surface area contributed by atoms with Gasteiger partial charge >= 0.3 is 6.04 Å². The molecule has 4 nitrogen and oxygen atoms in total. The van der Waals surface area contributed by atoms with Crippen LogP contribution < -0.4 is 0 Å². The van der Waals surface area contributed by atoms with Gasteiger partial charge in [-0.3, -0.25) is 0 Å². The average Bonchev–Trinajstić information content (AvgIpc) is 2.04. The summed E-state index contributed by atoms with van der Waals surface area (Å²) in [6.07, 6.45) is -2.34. The molecule has 0 aliphatic rings. The largest absolute Gasteiger partial charge is 0.376 e. The second kappa shape index (κ2) is 6.23. The monoisotopic (exact) mass is 214 g/mol. The lowest BCUT2D eigenvalue weighted by Crippen LogP contribution is -2.46. The lowest BCUT2D eigenvalue weighted by molar-refractivity contribution is -0.447. The third-order valence-corrected chi connectivity index (χ3v) is 1.31. The first kappa shape index (κ1) is 13.7. The molecule has 0 aliphatic carbocycles. The van der Waals surface area contributed by atoms with Crippen LogP contribution in [0.15, 0.2) is 0 Å². The molecule has 0 aromatic carbocycles. The van der Waals surface area contributed by atoms with E-state index >= 15 is 0 Å². The van der Waals surface area contributed by atoms with E-state index in [0.717, 1.165) is 7.11 Å². The SMILES string of the molecule is CCOC(F)(OC(C)C)C(OC)OF. The topological polar surface area (TPSA) is 36.9 Å². The molecule has 0 bridgehead atoms. The first-order valence-corrected chi connectivity index (χ1v) is 4.31. The van der Waals surface area contributed by atoms with Crippen molar-refractivity contribution in [3.8, 4) is 0 Å². The summed E-state index contributed by atoms with van der Waals surface area (Å²) < 4.78 is 39.4. The Labute approximate surface area is 82.0 Å². The van der Waals surface area contributed by atoms with Gasteiger partial charge in [0.05, 0.1) is 12.7 Å². The van der Waals surface area contributed by atoms with Gasteiger partial charge in [0, 0.05) is 7.11 Å². The molecule has 0 aromatic heterocycles. The van der Waals surface area contributed by atoms with E-state index in [4.69, 9.17) is 4.74 Å². The Morgan fingerprint density at radius 1 is 1.36 bits per heavy atom. The maximum Gasteiger partial charge on any atom is 0.376 e. The molecule has 0 heterocycles. The van der Waals surface area contributed by atoms with Crippen molar-refractivity contribution < 1.29 is 28.1 Å². The first-order valence-electron chi connectivity index (χ1n) is 4.31. The number of methoxy groups -OCH3 is 1. The molecule has 0 amide bonds. The van der Waals surface area contributed by atoms with Gasteiger partial charge in [0.1, 0.15) is 0 Å². The van der Waals surface area contributed by atoms with Crippen LogP contribution in [0.2, 0.25) is 0 Å². The van der Waals surface area contributed by atoms with E-state index in [1.165, 1.54) is 0 Å². The number of ether oxygens (including phenoxy) is 3. The molecule has 6 heteroatoms. The summed E-state index contributed by atoms with van der Waals surface area (Å²) in [6, 6.07) is -2.73. The molecule has 0 radical (unpaired) electrons. The van der Waals surface area contributed by atoms with E-state index in [1.54, 1.807) is 20.8 Å². The Balaban J connectivity index is 4.49. The van der Waals surface area contributed by atoms with Crippen molar-refractivity contribution in [3.05, 3.63) is 0 Å². The van der Waals surface area contributed by atoms with Gasteiger partial charge in [-0.25, -0.2) is 0 Å². The van der Waals surface area contributed by atoms with E-state index in [1.807, 2.05) is 0 Å². The van der Waals surface area contributed by atoms with Crippen LogP contribution >= 0.6 is 0 Å². The lowest BCUT2D eigenvalue weighted by atomic mass is 10.4. The van der Waals surface area contributed by atoms with Gasteiger partial charge in [-0.15, -0.1) is 0 Å². The van der Waals surface area contributed by atoms with Crippen LogP contribution in [0.25, 0.3) is 0 Å². The van der Waals surface area contributed by atoms with Crippen molar-refractivity contribution in [2.24, 2.45) is 0 Å². The van der Waals surface area contributed by atoms with E-state index in [2.05, 4.69) is 14.4 Å². The minimum atomic E-state index is -2.73. The minimum absolute atomic E-state index is 0.00639. The number of rotatable bonds is 7. The van der Waals surface area contributed by atoms with Crippen LogP contribution in [0.1, 0.15) is 20.8 Å². The highest BCUT2D eigenvalue weighted by Crippen LogP contribution is 2.25. The Hall–Kier alpha value is -0.300. The van der Waals surface area contributed by atoms with Crippen molar-refractivity contribution >= 4 is 0 Å². The van der Waals surface area contributed by atoms with E-state index in [-0.39, 0.29) is 6.61 Å². The van der Waals surface area contributed by atoms with Crippen molar-refractivity contribution in [1.29, 1.82) is 0 Å². The van der Waals surface area contributed by atoms with E-state index < -0.39 is 18.4 Å². The molecule has 0 spiro atoms. The van der Waals surface area contributed by atoms with Crippen molar-refractivity contribution in [3.63, 3.8) is 0 Å². The Morgan fingerprint density at radius 3 is 2.21 bits per heavy atom. The van der Waals surface area contributed by atoms with Gasteiger partial charge in [-0.1, -0.05) is 0 Å². The van der Waals surface area contributed by atoms with Crippen molar-refractivity contribution in [2.75, 3.05) is 13.7 Å². The van der Waals surface area contributed by atoms with Crippen LogP contribution in [0.3, 0.4) is 0 Å². The Bertz CT molecular complexity index is 152. The predicted molar refractivity (Wildman–Crippen MR) is 44.7 cm³/mol. The predicted octanol–water partition coefficient (Wildman–Crippen LogP) is 1.94. The summed E-state index contributed by atoms with van der Waals surface area (Å²) in [6.45, 7) is 4.71. The summed E-state index contributed by atoms with van der Waals surface area (Å²) in [5, 5.41) is 0. The molecule has 0 rings (SSSR count). The van der Waals surface area contributed by atoms with Crippen LogP contribution in [-0.4, -0.2) is 32.2 Å². The third kappa shape index (κ3) is 3.83. The first-order chi connectivity index (χ1) is 6.50. The Morgan fingerprint density at radius 2 is 1.93 bits per heavy atom. The highest BCUT2D eigenvalue weighted by molar-refractivity contribution is 4.61. The normalized spacial score (nSPS) is 18.2. The van der Waals surface area contributed by atoms with Gasteiger partial charge in [0.2, 0.25) is 0 Å². The van der Waals surface area contributed by atoms with Crippen LogP contribution in [0.5, 0.6) is 0 Å². The number of alkyl halides is 1. The summed E-state index contributed by atoms with van der Waals surface area (Å²) in [7, 11) is 1.08. The minimum Gasteiger partial charge on any atom is -0.346 e. The fourth-order valence-electron chi connectivity index (χ4n) is 0.906. The molecule has 2 atom stereocenters. The Kier molecular flexibility index (Phi) is 6.10. The maximum atomic E-state index is 13.8. The van der Waals surface area contributed by atoms with Gasteiger partial charge in [-0.2, -0.15) is 9.33 Å². The van der Waals surface area contributed by atoms with Crippen LogP contribution in [-0.2, 0) is 19.2 Å². The highest BCUT2D eigenvalue weighted by Gasteiger charge is 2.45. The second-order valence-corrected chi connectivity index (χ2v) is 2.84. The summed E-state index contributed by atoms with van der Waals surface area (Å²) in [5.41, 5.74) is 0. The van der Waals surface area contributed by atoms with E-state index in [0.29, 0.717) is 0 Å². The molecule has 0 aromatic rings. The molecule has 0 aliphatic heterocycles. The fourth-order valence-corrected chi connectivity index (χ4v) is 0.906. The molecular weight excluding hydrogens is 198 g/mol. The van der Waals surface area contributed by atoms with Crippen molar-refractivity contribution in [1.82, 2.24) is 0 Å². The zero-order valence-electron chi connectivity index (χ0n) is 8.75. The van der Waals surface area contributed by atoms with E-state index in [9.17, 15) is 8.92 Å². The number of hydrogen-bond acceptors (Lipinski definition) is 4. The van der Waals surface area contributed by atoms with Crippen molar-refractivity contribution in [2.45, 2.75) is 39.2 Å². The van der Waals surface area contributed by atoms with Gasteiger partial charge in [-0.05, 0) is 25.3 Å². The standard InChI is InChI=1S/C8H16F2O4/c1-5-12-8(9,13-6(2)3)7(11-4)14-10/h6-7H,5H2,1-4H3. The summed E-state index contributed by atoms with van der Waals surface area (Å²) in [5.74, 6) is 0. The zero-order valence-corrected chi connectivity index (χ0v) is 8.75. The molecule has 2 unspecified atom stereocenters. The quantitative estimate of drug-likeness (QED) is 0.607. The summed E-state index contributed by atoms with van der Waals surface area (Å²) in [4.78, 5) is 3.27. The second-order valence-electron chi connectivity index (χ2n) is 2.84. The molecule has 0 saturated carbocycles. The lowest BCUT2D eigenvalue weighted by Gasteiger charge is -2.30. The molecule has 86 valence electrons. The highest BCUT2D eigenvalue weighted by atomic mass is 19.3. The van der Waals surface area contributed by atoms with Gasteiger partial charge in [0.25, 0.3) is 6.29 Å². The van der Waals surface area contributed by atoms with Crippen LogP contribution in [0, 0.1) is 0 Å². The molecule has 0 fully saturated rings. The maximum absolute atomic E-state index is 13.8. The molecule has 0 N–H and O–H groups in total.